The Hall–Kier alpha value is -1.86. The molecule has 2 rings (SSSR count). The maximum absolute atomic E-state index is 13.7. The third-order valence-electron chi connectivity index (χ3n) is 3.08. The molecule has 0 saturated heterocycles. The lowest BCUT2D eigenvalue weighted by atomic mass is 10.1. The number of hydrogen-bond acceptors (Lipinski definition) is 2. The molecule has 1 amide bonds. The Morgan fingerprint density at radius 2 is 2.26 bits per heavy atom. The van der Waals surface area contributed by atoms with Gasteiger partial charge in [0.05, 0.1) is 5.56 Å². The monoisotopic (exact) mass is 261 g/mol. The van der Waals surface area contributed by atoms with Crippen LogP contribution in [0.15, 0.2) is 18.2 Å². The number of rotatable bonds is 3. The van der Waals surface area contributed by atoms with Crippen molar-refractivity contribution in [1.82, 2.24) is 4.90 Å². The summed E-state index contributed by atoms with van der Waals surface area (Å²) < 4.78 is 13.7. The summed E-state index contributed by atoms with van der Waals surface area (Å²) in [5.41, 5.74) is 0.562. The quantitative estimate of drug-likeness (QED) is 0.840. The molecule has 1 aromatic rings. The largest absolute Gasteiger partial charge is 0.384 e. The van der Waals surface area contributed by atoms with E-state index in [0.717, 1.165) is 12.8 Å². The molecule has 1 aliphatic carbocycles. The highest BCUT2D eigenvalue weighted by molar-refractivity contribution is 5.94. The normalized spacial score (nSPS) is 13.6. The van der Waals surface area contributed by atoms with Gasteiger partial charge in [-0.05, 0) is 37.0 Å². The third-order valence-corrected chi connectivity index (χ3v) is 3.08. The van der Waals surface area contributed by atoms with Gasteiger partial charge in [0.25, 0.3) is 5.91 Å². The average Bonchev–Trinajstić information content (AvgIpc) is 3.21. The minimum Gasteiger partial charge on any atom is -0.384 e. The van der Waals surface area contributed by atoms with E-state index in [9.17, 15) is 9.18 Å². The van der Waals surface area contributed by atoms with Crippen LogP contribution in [0, 0.1) is 23.6 Å². The van der Waals surface area contributed by atoms with E-state index in [0.29, 0.717) is 18.0 Å². The first-order chi connectivity index (χ1) is 9.11. The Balaban J connectivity index is 2.18. The van der Waals surface area contributed by atoms with Crippen molar-refractivity contribution < 1.29 is 14.3 Å². The summed E-state index contributed by atoms with van der Waals surface area (Å²) in [4.78, 5) is 13.7. The molecule has 0 heterocycles. The molecule has 1 fully saturated rings. The summed E-state index contributed by atoms with van der Waals surface area (Å²) in [6.45, 7) is 0.410. The Labute approximate surface area is 112 Å². The Kier molecular flexibility index (Phi) is 4.18. The summed E-state index contributed by atoms with van der Waals surface area (Å²) in [5, 5.41) is 8.63. The van der Waals surface area contributed by atoms with E-state index in [2.05, 4.69) is 11.8 Å². The zero-order valence-corrected chi connectivity index (χ0v) is 10.8. The smallest absolute Gasteiger partial charge is 0.256 e. The van der Waals surface area contributed by atoms with E-state index in [4.69, 9.17) is 5.11 Å². The lowest BCUT2D eigenvalue weighted by molar-refractivity contribution is 0.0784. The lowest BCUT2D eigenvalue weighted by Crippen LogP contribution is -2.29. The van der Waals surface area contributed by atoms with Crippen LogP contribution in [-0.2, 0) is 0 Å². The Bertz CT molecular complexity index is 541. The second-order valence-corrected chi connectivity index (χ2v) is 4.78. The second-order valence-electron chi connectivity index (χ2n) is 4.78. The van der Waals surface area contributed by atoms with Gasteiger partial charge in [-0.3, -0.25) is 4.79 Å². The number of carbonyl (C=O) groups excluding carboxylic acids is 1. The molecule has 100 valence electrons. The molecular formula is C15H16FNO2. The van der Waals surface area contributed by atoms with Crippen LogP contribution in [0.5, 0.6) is 0 Å². The molecule has 0 aromatic heterocycles. The zero-order chi connectivity index (χ0) is 13.8. The number of benzene rings is 1. The van der Waals surface area contributed by atoms with Gasteiger partial charge in [0.15, 0.2) is 0 Å². The fourth-order valence-corrected chi connectivity index (χ4v) is 1.88. The highest BCUT2D eigenvalue weighted by Crippen LogP contribution is 2.29. The standard InChI is InChI=1S/C15H16FNO2/c1-17(10-12-4-5-12)15(19)13-9-11(3-2-8-18)6-7-14(13)16/h6-7,9,12,18H,4-5,8,10H2,1H3. The number of amides is 1. The molecule has 4 heteroatoms. The SMILES string of the molecule is CN(CC1CC1)C(=O)c1cc(C#CCO)ccc1F. The first-order valence-electron chi connectivity index (χ1n) is 6.26. The van der Waals surface area contributed by atoms with Crippen molar-refractivity contribution in [2.75, 3.05) is 20.2 Å². The molecule has 0 aliphatic heterocycles. The molecule has 0 unspecified atom stereocenters. The van der Waals surface area contributed by atoms with Crippen LogP contribution in [0.4, 0.5) is 4.39 Å². The first kappa shape index (κ1) is 13.6. The fraction of sp³-hybridized carbons (Fsp3) is 0.400. The number of carbonyl (C=O) groups is 1. The summed E-state index contributed by atoms with van der Waals surface area (Å²) in [6, 6.07) is 4.17. The lowest BCUT2D eigenvalue weighted by Gasteiger charge is -2.17. The molecule has 1 aromatic carbocycles. The van der Waals surface area contributed by atoms with Gasteiger partial charge >= 0.3 is 0 Å². The summed E-state index contributed by atoms with van der Waals surface area (Å²) in [7, 11) is 1.69. The maximum atomic E-state index is 13.7. The van der Waals surface area contributed by atoms with Crippen LogP contribution < -0.4 is 0 Å². The van der Waals surface area contributed by atoms with Gasteiger partial charge in [-0.25, -0.2) is 4.39 Å². The fourth-order valence-electron chi connectivity index (χ4n) is 1.88. The third kappa shape index (κ3) is 3.55. The molecule has 3 nitrogen and oxygen atoms in total. The van der Waals surface area contributed by atoms with E-state index < -0.39 is 5.82 Å². The predicted molar refractivity (Wildman–Crippen MR) is 70.0 cm³/mol. The van der Waals surface area contributed by atoms with Crippen LogP contribution in [0.2, 0.25) is 0 Å². The van der Waals surface area contributed by atoms with E-state index >= 15 is 0 Å². The van der Waals surface area contributed by atoms with Gasteiger partial charge in [0.1, 0.15) is 12.4 Å². The zero-order valence-electron chi connectivity index (χ0n) is 10.8. The highest BCUT2D eigenvalue weighted by Gasteiger charge is 2.26. The van der Waals surface area contributed by atoms with Crippen LogP contribution in [-0.4, -0.2) is 36.1 Å². The molecule has 19 heavy (non-hydrogen) atoms. The summed E-state index contributed by atoms with van der Waals surface area (Å²) >= 11 is 0. The maximum Gasteiger partial charge on any atom is 0.256 e. The summed E-state index contributed by atoms with van der Waals surface area (Å²) in [5.74, 6) is 4.85. The molecule has 1 N–H and O–H groups in total. The van der Waals surface area contributed by atoms with Gasteiger partial charge in [-0.2, -0.15) is 0 Å². The van der Waals surface area contributed by atoms with Crippen molar-refractivity contribution in [3.63, 3.8) is 0 Å². The Morgan fingerprint density at radius 3 is 2.89 bits per heavy atom. The summed E-state index contributed by atoms with van der Waals surface area (Å²) in [6.07, 6.45) is 2.28. The van der Waals surface area contributed by atoms with E-state index in [1.54, 1.807) is 11.9 Å². The first-order valence-corrected chi connectivity index (χ1v) is 6.26. The van der Waals surface area contributed by atoms with Crippen molar-refractivity contribution in [3.8, 4) is 11.8 Å². The molecule has 0 spiro atoms. The predicted octanol–water partition coefficient (Wildman–Crippen LogP) is 1.65. The second kappa shape index (κ2) is 5.85. The van der Waals surface area contributed by atoms with Crippen molar-refractivity contribution in [2.24, 2.45) is 5.92 Å². The van der Waals surface area contributed by atoms with Crippen molar-refractivity contribution >= 4 is 5.91 Å². The number of nitrogens with zero attached hydrogens (tertiary/aromatic N) is 1. The van der Waals surface area contributed by atoms with Gasteiger partial charge in [-0.15, -0.1) is 0 Å². The molecule has 1 aliphatic rings. The molecule has 0 radical (unpaired) electrons. The number of hydrogen-bond donors (Lipinski definition) is 1. The van der Waals surface area contributed by atoms with E-state index in [-0.39, 0.29) is 18.1 Å². The molecule has 1 saturated carbocycles. The van der Waals surface area contributed by atoms with Crippen molar-refractivity contribution in [3.05, 3.63) is 35.1 Å². The van der Waals surface area contributed by atoms with Crippen molar-refractivity contribution in [1.29, 1.82) is 0 Å². The van der Waals surface area contributed by atoms with Gasteiger partial charge < -0.3 is 10.0 Å². The topological polar surface area (TPSA) is 40.5 Å². The minimum absolute atomic E-state index is 0.0351. The average molecular weight is 261 g/mol. The van der Waals surface area contributed by atoms with Crippen molar-refractivity contribution in [2.45, 2.75) is 12.8 Å². The number of aliphatic hydroxyl groups excluding tert-OH is 1. The highest BCUT2D eigenvalue weighted by atomic mass is 19.1. The molecule has 0 bridgehead atoms. The van der Waals surface area contributed by atoms with Gasteiger partial charge in [-0.1, -0.05) is 11.8 Å². The van der Waals surface area contributed by atoms with Crippen LogP contribution in [0.3, 0.4) is 0 Å². The molecule has 0 atom stereocenters. The van der Waals surface area contributed by atoms with E-state index in [1.807, 2.05) is 0 Å². The number of aliphatic hydroxyl groups is 1. The number of halogens is 1. The van der Waals surface area contributed by atoms with Crippen LogP contribution in [0.25, 0.3) is 0 Å². The molecular weight excluding hydrogens is 245 g/mol. The van der Waals surface area contributed by atoms with E-state index in [1.165, 1.54) is 18.2 Å². The van der Waals surface area contributed by atoms with Crippen LogP contribution >= 0.6 is 0 Å². The Morgan fingerprint density at radius 1 is 1.53 bits per heavy atom. The minimum atomic E-state index is -0.540. The van der Waals surface area contributed by atoms with Gasteiger partial charge in [0.2, 0.25) is 0 Å². The van der Waals surface area contributed by atoms with Gasteiger partial charge in [0, 0.05) is 19.2 Å². The van der Waals surface area contributed by atoms with Crippen LogP contribution in [0.1, 0.15) is 28.8 Å².